The summed E-state index contributed by atoms with van der Waals surface area (Å²) in [5.41, 5.74) is -0.747. The van der Waals surface area contributed by atoms with E-state index in [0.29, 0.717) is 12.4 Å². The lowest BCUT2D eigenvalue weighted by Gasteiger charge is -2.25. The maximum atomic E-state index is 12.6. The normalized spacial score (nSPS) is 12.4. The first-order valence-electron chi connectivity index (χ1n) is 10.4. The Bertz CT molecular complexity index is 659. The second kappa shape index (κ2) is 9.64. The van der Waals surface area contributed by atoms with Crippen molar-refractivity contribution < 1.29 is 23.8 Å². The first kappa shape index (κ1) is 25.0. The van der Waals surface area contributed by atoms with E-state index in [9.17, 15) is 9.59 Å². The van der Waals surface area contributed by atoms with Gasteiger partial charge in [-0.25, -0.2) is 9.59 Å². The van der Waals surface area contributed by atoms with Crippen molar-refractivity contribution in [1.29, 1.82) is 0 Å². The first-order chi connectivity index (χ1) is 13.1. The third-order valence-electron chi connectivity index (χ3n) is 4.01. The number of carbonyl (C=O) groups excluding carboxylic acids is 2. The molecule has 0 fully saturated rings. The number of hydrogen-bond acceptors (Lipinski definition) is 5. The largest absolute Gasteiger partial charge is 0.493 e. The van der Waals surface area contributed by atoms with E-state index < -0.39 is 23.1 Å². The molecule has 0 spiro atoms. The van der Waals surface area contributed by atoms with E-state index in [1.165, 1.54) is 6.07 Å². The van der Waals surface area contributed by atoms with Gasteiger partial charge in [0, 0.05) is 0 Å². The molecule has 0 unspecified atom stereocenters. The second-order valence-corrected chi connectivity index (χ2v) is 10.3. The molecule has 0 atom stereocenters. The zero-order chi connectivity index (χ0) is 22.5. The minimum absolute atomic E-state index is 0.00991. The van der Waals surface area contributed by atoms with E-state index in [1.807, 2.05) is 0 Å². The summed E-state index contributed by atoms with van der Waals surface area (Å²) in [6.45, 7) is 17.8. The smallest absolute Gasteiger partial charge is 0.338 e. The van der Waals surface area contributed by atoms with Crippen molar-refractivity contribution >= 4 is 11.9 Å². The van der Waals surface area contributed by atoms with Crippen LogP contribution in [0.2, 0.25) is 0 Å². The van der Waals surface area contributed by atoms with Gasteiger partial charge in [-0.2, -0.15) is 0 Å². The fourth-order valence-electron chi connectivity index (χ4n) is 2.60. The topological polar surface area (TPSA) is 61.8 Å². The third kappa shape index (κ3) is 9.82. The van der Waals surface area contributed by atoms with Crippen molar-refractivity contribution in [3.05, 3.63) is 29.3 Å². The van der Waals surface area contributed by atoms with Crippen LogP contribution in [0.15, 0.2) is 18.2 Å². The van der Waals surface area contributed by atoms with Gasteiger partial charge in [0.2, 0.25) is 0 Å². The first-order valence-corrected chi connectivity index (χ1v) is 10.4. The van der Waals surface area contributed by atoms with Gasteiger partial charge < -0.3 is 14.2 Å². The summed E-state index contributed by atoms with van der Waals surface area (Å²) in [6, 6.07) is 4.74. The Labute approximate surface area is 176 Å². The molecule has 1 aromatic carbocycles. The third-order valence-corrected chi connectivity index (χ3v) is 4.01. The number of carbonyl (C=O) groups is 2. The maximum Gasteiger partial charge on any atom is 0.338 e. The molecule has 164 valence electrons. The van der Waals surface area contributed by atoms with Crippen LogP contribution in [0.25, 0.3) is 0 Å². The average Bonchev–Trinajstić information content (AvgIpc) is 2.55. The predicted octanol–water partition coefficient (Wildman–Crippen LogP) is 6.19. The predicted molar refractivity (Wildman–Crippen MR) is 116 cm³/mol. The van der Waals surface area contributed by atoms with E-state index in [2.05, 4.69) is 20.8 Å². The summed E-state index contributed by atoms with van der Waals surface area (Å²) >= 11 is 0. The summed E-state index contributed by atoms with van der Waals surface area (Å²) in [4.78, 5) is 25.2. The molecule has 0 radical (unpaired) electrons. The van der Waals surface area contributed by atoms with Crippen LogP contribution >= 0.6 is 0 Å². The van der Waals surface area contributed by atoms with E-state index in [4.69, 9.17) is 14.2 Å². The van der Waals surface area contributed by atoms with Crippen LogP contribution in [0.3, 0.4) is 0 Å². The molecule has 29 heavy (non-hydrogen) atoms. The molecule has 0 saturated carbocycles. The van der Waals surface area contributed by atoms with Gasteiger partial charge in [-0.1, -0.05) is 33.6 Å². The fourth-order valence-corrected chi connectivity index (χ4v) is 2.60. The van der Waals surface area contributed by atoms with Gasteiger partial charge in [0.05, 0.1) is 17.7 Å². The number of rotatable bonds is 8. The molecule has 5 heteroatoms. The zero-order valence-corrected chi connectivity index (χ0v) is 19.6. The molecule has 0 aromatic heterocycles. The Balaban J connectivity index is 3.16. The molecule has 0 heterocycles. The molecular formula is C24H38O5. The lowest BCUT2D eigenvalue weighted by molar-refractivity contribution is 0.00676. The number of benzene rings is 1. The van der Waals surface area contributed by atoms with Gasteiger partial charge in [0.15, 0.2) is 0 Å². The zero-order valence-electron chi connectivity index (χ0n) is 19.6. The highest BCUT2D eigenvalue weighted by molar-refractivity contribution is 5.96. The van der Waals surface area contributed by atoms with Crippen LogP contribution < -0.4 is 4.74 Å². The molecule has 0 amide bonds. The molecule has 0 saturated heterocycles. The Morgan fingerprint density at radius 3 is 1.62 bits per heavy atom. The van der Waals surface area contributed by atoms with Crippen molar-refractivity contribution in [2.24, 2.45) is 5.41 Å². The van der Waals surface area contributed by atoms with Gasteiger partial charge in [0.1, 0.15) is 17.0 Å². The minimum atomic E-state index is -0.637. The molecule has 5 nitrogen and oxygen atoms in total. The van der Waals surface area contributed by atoms with Gasteiger partial charge in [-0.3, -0.25) is 0 Å². The summed E-state index contributed by atoms with van der Waals surface area (Å²) < 4.78 is 16.9. The fraction of sp³-hybridized carbons (Fsp3) is 0.667. The van der Waals surface area contributed by atoms with Crippen molar-refractivity contribution in [3.8, 4) is 5.75 Å². The van der Waals surface area contributed by atoms with E-state index >= 15 is 0 Å². The van der Waals surface area contributed by atoms with Crippen molar-refractivity contribution in [2.45, 2.75) is 92.8 Å². The van der Waals surface area contributed by atoms with Gasteiger partial charge in [-0.15, -0.1) is 0 Å². The molecular weight excluding hydrogens is 368 g/mol. The summed E-state index contributed by atoms with van der Waals surface area (Å²) in [6.07, 6.45) is 3.28. The lowest BCUT2D eigenvalue weighted by atomic mass is 9.88. The van der Waals surface area contributed by atoms with Crippen molar-refractivity contribution in [3.63, 3.8) is 0 Å². The van der Waals surface area contributed by atoms with Gasteiger partial charge in [-0.05, 0) is 71.6 Å². The van der Waals surface area contributed by atoms with E-state index in [0.717, 1.165) is 19.3 Å². The molecule has 0 N–H and O–H groups in total. The highest BCUT2D eigenvalue weighted by Crippen LogP contribution is 2.27. The van der Waals surface area contributed by atoms with Crippen LogP contribution in [-0.2, 0) is 9.47 Å². The van der Waals surface area contributed by atoms with Crippen LogP contribution in [0, 0.1) is 5.41 Å². The Hall–Kier alpha value is -2.04. The number of unbranched alkanes of at least 4 members (excludes halogenated alkanes) is 1. The molecule has 0 bridgehead atoms. The van der Waals surface area contributed by atoms with Crippen molar-refractivity contribution in [2.75, 3.05) is 6.61 Å². The molecule has 0 aliphatic heterocycles. The summed E-state index contributed by atoms with van der Waals surface area (Å²) in [7, 11) is 0. The standard InChI is InChI=1S/C24H38O5/c1-10-11-12-24(8,9)16-27-19-14-17(20(25)28-22(2,3)4)13-18(15-19)21(26)29-23(5,6)7/h13-15H,10-12,16H2,1-9H3. The Kier molecular flexibility index (Phi) is 8.31. The van der Waals surface area contributed by atoms with E-state index in [-0.39, 0.29) is 16.5 Å². The highest BCUT2D eigenvalue weighted by atomic mass is 16.6. The monoisotopic (exact) mass is 406 g/mol. The van der Waals surface area contributed by atoms with Crippen molar-refractivity contribution in [1.82, 2.24) is 0 Å². The Morgan fingerprint density at radius 1 is 0.793 bits per heavy atom. The average molecular weight is 407 g/mol. The quantitative estimate of drug-likeness (QED) is 0.482. The lowest BCUT2D eigenvalue weighted by Crippen LogP contribution is -2.26. The van der Waals surface area contributed by atoms with Crippen LogP contribution in [0.4, 0.5) is 0 Å². The Morgan fingerprint density at radius 2 is 1.24 bits per heavy atom. The number of ether oxygens (including phenoxy) is 3. The van der Waals surface area contributed by atoms with Crippen LogP contribution in [0.5, 0.6) is 5.75 Å². The van der Waals surface area contributed by atoms with Crippen LogP contribution in [0.1, 0.15) is 102 Å². The molecule has 0 aliphatic rings. The molecule has 1 rings (SSSR count). The number of esters is 2. The minimum Gasteiger partial charge on any atom is -0.493 e. The maximum absolute atomic E-state index is 12.6. The van der Waals surface area contributed by atoms with Crippen LogP contribution in [-0.4, -0.2) is 29.7 Å². The SMILES string of the molecule is CCCCC(C)(C)COc1cc(C(=O)OC(C)(C)C)cc(C(=O)OC(C)(C)C)c1. The van der Waals surface area contributed by atoms with Gasteiger partial charge >= 0.3 is 11.9 Å². The number of hydrogen-bond donors (Lipinski definition) is 0. The van der Waals surface area contributed by atoms with E-state index in [1.54, 1.807) is 53.7 Å². The highest BCUT2D eigenvalue weighted by Gasteiger charge is 2.24. The van der Waals surface area contributed by atoms with Gasteiger partial charge in [0.25, 0.3) is 0 Å². The molecule has 1 aromatic rings. The summed E-state index contributed by atoms with van der Waals surface area (Å²) in [5, 5.41) is 0. The second-order valence-electron chi connectivity index (χ2n) is 10.3. The summed E-state index contributed by atoms with van der Waals surface area (Å²) in [5.74, 6) is -0.546. The molecule has 0 aliphatic carbocycles.